The SMILES string of the molecule is C[C@@H](NCC(=O)NCCc1ccc(F)cc1)c1ccc2c(c1)CCCC2. The molecule has 0 aromatic heterocycles. The molecule has 0 unspecified atom stereocenters. The van der Waals surface area contributed by atoms with Crippen molar-refractivity contribution in [2.45, 2.75) is 45.1 Å². The molecule has 0 radical (unpaired) electrons. The second kappa shape index (κ2) is 8.95. The van der Waals surface area contributed by atoms with Gasteiger partial charge >= 0.3 is 0 Å². The number of fused-ring (bicyclic) bond motifs is 1. The topological polar surface area (TPSA) is 41.1 Å². The molecule has 1 aliphatic rings. The average molecular weight is 354 g/mol. The van der Waals surface area contributed by atoms with E-state index in [1.807, 2.05) is 0 Å². The summed E-state index contributed by atoms with van der Waals surface area (Å²) in [7, 11) is 0. The maximum Gasteiger partial charge on any atom is 0.233 e. The van der Waals surface area contributed by atoms with E-state index in [1.54, 1.807) is 12.1 Å². The lowest BCUT2D eigenvalue weighted by atomic mass is 9.89. The Labute approximate surface area is 155 Å². The van der Waals surface area contributed by atoms with Gasteiger partial charge in [-0.25, -0.2) is 4.39 Å². The Morgan fingerprint density at radius 3 is 2.58 bits per heavy atom. The number of aryl methyl sites for hydroxylation is 2. The van der Waals surface area contributed by atoms with E-state index in [4.69, 9.17) is 0 Å². The van der Waals surface area contributed by atoms with Crippen molar-refractivity contribution in [1.82, 2.24) is 10.6 Å². The zero-order valence-corrected chi connectivity index (χ0v) is 15.4. The van der Waals surface area contributed by atoms with E-state index in [9.17, 15) is 9.18 Å². The largest absolute Gasteiger partial charge is 0.355 e. The molecule has 2 N–H and O–H groups in total. The third kappa shape index (κ3) is 5.15. The van der Waals surface area contributed by atoms with Crippen LogP contribution in [0.25, 0.3) is 0 Å². The number of carbonyl (C=O) groups is 1. The summed E-state index contributed by atoms with van der Waals surface area (Å²) >= 11 is 0. The average Bonchev–Trinajstić information content (AvgIpc) is 2.67. The van der Waals surface area contributed by atoms with Crippen LogP contribution in [0.2, 0.25) is 0 Å². The normalized spacial score (nSPS) is 14.5. The van der Waals surface area contributed by atoms with Crippen LogP contribution in [0, 0.1) is 5.82 Å². The van der Waals surface area contributed by atoms with E-state index in [0.717, 1.165) is 5.56 Å². The van der Waals surface area contributed by atoms with Crippen LogP contribution < -0.4 is 10.6 Å². The van der Waals surface area contributed by atoms with E-state index in [1.165, 1.54) is 54.5 Å². The Morgan fingerprint density at radius 1 is 1.08 bits per heavy atom. The molecule has 0 fully saturated rings. The van der Waals surface area contributed by atoms with Crippen LogP contribution in [0.3, 0.4) is 0 Å². The van der Waals surface area contributed by atoms with Crippen molar-refractivity contribution in [3.05, 3.63) is 70.5 Å². The highest BCUT2D eigenvalue weighted by Gasteiger charge is 2.13. The van der Waals surface area contributed by atoms with Crippen molar-refractivity contribution >= 4 is 5.91 Å². The molecule has 0 spiro atoms. The van der Waals surface area contributed by atoms with Gasteiger partial charge in [-0.3, -0.25) is 4.79 Å². The lowest BCUT2D eigenvalue weighted by Crippen LogP contribution is -2.36. The van der Waals surface area contributed by atoms with Gasteiger partial charge in [-0.2, -0.15) is 0 Å². The van der Waals surface area contributed by atoms with E-state index < -0.39 is 0 Å². The fraction of sp³-hybridized carbons (Fsp3) is 0.409. The minimum absolute atomic E-state index is 0.0167. The van der Waals surface area contributed by atoms with Crippen molar-refractivity contribution in [3.63, 3.8) is 0 Å². The Morgan fingerprint density at radius 2 is 1.81 bits per heavy atom. The molecular weight excluding hydrogens is 327 g/mol. The van der Waals surface area contributed by atoms with E-state index in [-0.39, 0.29) is 17.8 Å². The summed E-state index contributed by atoms with van der Waals surface area (Å²) in [5, 5.41) is 6.21. The number of rotatable bonds is 7. The second-order valence-corrected chi connectivity index (χ2v) is 7.06. The highest BCUT2D eigenvalue weighted by atomic mass is 19.1. The Hall–Kier alpha value is -2.20. The first-order valence-corrected chi connectivity index (χ1v) is 9.48. The maximum absolute atomic E-state index is 12.9. The fourth-order valence-corrected chi connectivity index (χ4v) is 3.45. The summed E-state index contributed by atoms with van der Waals surface area (Å²) in [6.07, 6.45) is 5.62. The van der Waals surface area contributed by atoms with Crippen LogP contribution in [0.15, 0.2) is 42.5 Å². The van der Waals surface area contributed by atoms with E-state index in [2.05, 4.69) is 35.8 Å². The fourth-order valence-electron chi connectivity index (χ4n) is 3.45. The molecule has 0 aliphatic heterocycles. The molecule has 0 heterocycles. The predicted molar refractivity (Wildman–Crippen MR) is 103 cm³/mol. The summed E-state index contributed by atoms with van der Waals surface area (Å²) < 4.78 is 12.9. The van der Waals surface area contributed by atoms with Crippen LogP contribution >= 0.6 is 0 Å². The number of carbonyl (C=O) groups excluding carboxylic acids is 1. The van der Waals surface area contributed by atoms with Gasteiger partial charge in [-0.1, -0.05) is 30.3 Å². The van der Waals surface area contributed by atoms with Crippen LogP contribution in [-0.2, 0) is 24.1 Å². The highest BCUT2D eigenvalue weighted by Crippen LogP contribution is 2.24. The number of hydrogen-bond acceptors (Lipinski definition) is 2. The lowest BCUT2D eigenvalue weighted by Gasteiger charge is -2.20. The van der Waals surface area contributed by atoms with Gasteiger partial charge in [-0.05, 0) is 73.4 Å². The van der Waals surface area contributed by atoms with Crippen molar-refractivity contribution in [3.8, 4) is 0 Å². The summed E-state index contributed by atoms with van der Waals surface area (Å²) in [6.45, 7) is 2.94. The van der Waals surface area contributed by atoms with Gasteiger partial charge in [0.05, 0.1) is 6.54 Å². The molecule has 1 aliphatic carbocycles. The van der Waals surface area contributed by atoms with Gasteiger partial charge in [0, 0.05) is 12.6 Å². The minimum Gasteiger partial charge on any atom is -0.355 e. The first-order valence-electron chi connectivity index (χ1n) is 9.48. The Balaban J connectivity index is 1.41. The third-order valence-electron chi connectivity index (χ3n) is 5.09. The second-order valence-electron chi connectivity index (χ2n) is 7.06. The molecule has 3 nitrogen and oxygen atoms in total. The van der Waals surface area contributed by atoms with Crippen LogP contribution in [0.1, 0.15) is 48.1 Å². The molecular formula is C22H27FN2O. The van der Waals surface area contributed by atoms with E-state index >= 15 is 0 Å². The zero-order valence-electron chi connectivity index (χ0n) is 15.4. The number of halogens is 1. The molecule has 4 heteroatoms. The number of benzene rings is 2. The predicted octanol–water partition coefficient (Wildman–Crippen LogP) is 3.71. The van der Waals surface area contributed by atoms with E-state index in [0.29, 0.717) is 19.5 Å². The van der Waals surface area contributed by atoms with Crippen molar-refractivity contribution in [2.75, 3.05) is 13.1 Å². The van der Waals surface area contributed by atoms with Crippen molar-refractivity contribution < 1.29 is 9.18 Å². The zero-order chi connectivity index (χ0) is 18.4. The van der Waals surface area contributed by atoms with Gasteiger partial charge < -0.3 is 10.6 Å². The van der Waals surface area contributed by atoms with Crippen molar-refractivity contribution in [1.29, 1.82) is 0 Å². The maximum atomic E-state index is 12.9. The molecule has 1 atom stereocenters. The monoisotopic (exact) mass is 354 g/mol. The highest BCUT2D eigenvalue weighted by molar-refractivity contribution is 5.78. The molecule has 0 saturated carbocycles. The molecule has 138 valence electrons. The molecule has 2 aromatic carbocycles. The number of nitrogens with one attached hydrogen (secondary N) is 2. The van der Waals surface area contributed by atoms with Crippen LogP contribution in [0.5, 0.6) is 0 Å². The smallest absolute Gasteiger partial charge is 0.233 e. The lowest BCUT2D eigenvalue weighted by molar-refractivity contribution is -0.120. The third-order valence-corrected chi connectivity index (χ3v) is 5.09. The van der Waals surface area contributed by atoms with Gasteiger partial charge in [0.15, 0.2) is 0 Å². The molecule has 2 aromatic rings. The number of hydrogen-bond donors (Lipinski definition) is 2. The van der Waals surface area contributed by atoms with Gasteiger partial charge in [-0.15, -0.1) is 0 Å². The minimum atomic E-state index is -0.238. The molecule has 26 heavy (non-hydrogen) atoms. The summed E-state index contributed by atoms with van der Waals surface area (Å²) in [6, 6.07) is 13.2. The van der Waals surface area contributed by atoms with Gasteiger partial charge in [0.25, 0.3) is 0 Å². The first kappa shape index (κ1) is 18.6. The quantitative estimate of drug-likeness (QED) is 0.796. The Bertz CT molecular complexity index is 742. The van der Waals surface area contributed by atoms with Crippen LogP contribution in [0.4, 0.5) is 4.39 Å². The van der Waals surface area contributed by atoms with Crippen molar-refractivity contribution in [2.24, 2.45) is 0 Å². The summed E-state index contributed by atoms with van der Waals surface area (Å²) in [5.74, 6) is -0.255. The molecule has 0 saturated heterocycles. The molecule has 3 rings (SSSR count). The molecule has 1 amide bonds. The molecule has 0 bridgehead atoms. The summed E-state index contributed by atoms with van der Waals surface area (Å²) in [4.78, 5) is 12.0. The Kier molecular flexibility index (Phi) is 6.40. The van der Waals surface area contributed by atoms with Gasteiger partial charge in [0.1, 0.15) is 5.82 Å². The standard InChI is InChI=1S/C22H27FN2O/c1-16(19-9-8-18-4-2-3-5-20(18)14-19)25-15-22(26)24-13-12-17-6-10-21(23)11-7-17/h6-11,14,16,25H,2-5,12-13,15H2,1H3,(H,24,26)/t16-/m1/s1. The number of amides is 1. The van der Waals surface area contributed by atoms with Crippen LogP contribution in [-0.4, -0.2) is 19.0 Å². The van der Waals surface area contributed by atoms with Gasteiger partial charge in [0.2, 0.25) is 5.91 Å². The first-order chi connectivity index (χ1) is 12.6. The summed E-state index contributed by atoms with van der Waals surface area (Å²) in [5.41, 5.74) is 5.20.